The Labute approximate surface area is 142 Å². The van der Waals surface area contributed by atoms with Crippen molar-refractivity contribution in [1.29, 1.82) is 0 Å². The number of piperidine rings is 1. The van der Waals surface area contributed by atoms with Crippen LogP contribution in [-0.4, -0.2) is 51.8 Å². The Morgan fingerprint density at radius 2 is 1.88 bits per heavy atom. The van der Waals surface area contributed by atoms with Crippen LogP contribution < -0.4 is 5.32 Å². The summed E-state index contributed by atoms with van der Waals surface area (Å²) in [7, 11) is -0.893. The number of hydrogen-bond acceptors (Lipinski definition) is 5. The Morgan fingerprint density at radius 3 is 2.42 bits per heavy atom. The first-order valence-electron chi connectivity index (χ1n) is 7.72. The highest BCUT2D eigenvalue weighted by atomic mass is 32.2. The maximum Gasteiger partial charge on any atom is 0.337 e. The molecule has 1 fully saturated rings. The van der Waals surface area contributed by atoms with E-state index in [2.05, 4.69) is 10.1 Å². The van der Waals surface area contributed by atoms with E-state index in [1.54, 1.807) is 20.0 Å². The first-order chi connectivity index (χ1) is 11.3. The molecular weight excluding hydrogens is 332 g/mol. The fourth-order valence-corrected chi connectivity index (χ4v) is 4.54. The highest BCUT2D eigenvalue weighted by molar-refractivity contribution is 7.89. The minimum Gasteiger partial charge on any atom is -0.465 e. The molecule has 7 nitrogen and oxygen atoms in total. The van der Waals surface area contributed by atoms with Gasteiger partial charge in [-0.15, -0.1) is 0 Å². The van der Waals surface area contributed by atoms with E-state index in [1.165, 1.54) is 23.5 Å². The second kappa shape index (κ2) is 7.31. The molecule has 0 atom stereocenters. The third kappa shape index (κ3) is 3.59. The zero-order chi connectivity index (χ0) is 17.9. The molecule has 0 saturated carbocycles. The number of esters is 1. The number of nitrogens with zero attached hydrogens (tertiary/aromatic N) is 1. The van der Waals surface area contributed by atoms with Gasteiger partial charge in [-0.05, 0) is 37.5 Å². The molecule has 1 N–H and O–H groups in total. The van der Waals surface area contributed by atoms with E-state index >= 15 is 0 Å². The van der Waals surface area contributed by atoms with Crippen LogP contribution in [0.1, 0.15) is 28.8 Å². The Balaban J connectivity index is 2.25. The van der Waals surface area contributed by atoms with Gasteiger partial charge in [-0.3, -0.25) is 4.79 Å². The maximum atomic E-state index is 12.9. The molecule has 0 aliphatic carbocycles. The van der Waals surface area contributed by atoms with Crippen molar-refractivity contribution >= 4 is 21.9 Å². The average molecular weight is 354 g/mol. The van der Waals surface area contributed by atoms with Crippen LogP contribution in [0.3, 0.4) is 0 Å². The number of sulfonamides is 1. The second-order valence-corrected chi connectivity index (χ2v) is 7.67. The van der Waals surface area contributed by atoms with Crippen molar-refractivity contribution in [3.63, 3.8) is 0 Å². The molecule has 8 heteroatoms. The van der Waals surface area contributed by atoms with Gasteiger partial charge in [0.1, 0.15) is 0 Å². The second-order valence-electron chi connectivity index (χ2n) is 5.76. The molecule has 1 aliphatic heterocycles. The summed E-state index contributed by atoms with van der Waals surface area (Å²) in [6, 6.07) is 4.48. The zero-order valence-corrected chi connectivity index (χ0v) is 14.9. The molecular formula is C16H22N2O5S. The molecule has 0 spiro atoms. The number of benzene rings is 1. The lowest BCUT2D eigenvalue weighted by Crippen LogP contribution is -2.42. The summed E-state index contributed by atoms with van der Waals surface area (Å²) in [6.45, 7) is 2.25. The summed E-state index contributed by atoms with van der Waals surface area (Å²) in [5.74, 6) is -0.801. The zero-order valence-electron chi connectivity index (χ0n) is 14.0. The summed E-state index contributed by atoms with van der Waals surface area (Å²) in [6.07, 6.45) is 0.962. The summed E-state index contributed by atoms with van der Waals surface area (Å²) < 4.78 is 31.8. The molecule has 132 valence electrons. The lowest BCUT2D eigenvalue weighted by molar-refractivity contribution is -0.125. The van der Waals surface area contributed by atoms with Crippen LogP contribution in [-0.2, 0) is 19.6 Å². The SMILES string of the molecule is CNC(=O)C1CCN(S(=O)(=O)c2cc(C(=O)OC)ccc2C)CC1. The molecule has 0 bridgehead atoms. The van der Waals surface area contributed by atoms with Crippen molar-refractivity contribution in [2.75, 3.05) is 27.2 Å². The van der Waals surface area contributed by atoms with Crippen LogP contribution in [0.4, 0.5) is 0 Å². The molecule has 1 amide bonds. The predicted molar refractivity (Wildman–Crippen MR) is 88.1 cm³/mol. The molecule has 2 rings (SSSR count). The molecule has 24 heavy (non-hydrogen) atoms. The van der Waals surface area contributed by atoms with Gasteiger partial charge in [0.15, 0.2) is 0 Å². The van der Waals surface area contributed by atoms with E-state index in [0.717, 1.165) is 0 Å². The molecule has 0 unspecified atom stereocenters. The lowest BCUT2D eigenvalue weighted by atomic mass is 9.97. The van der Waals surface area contributed by atoms with Gasteiger partial charge in [0.05, 0.1) is 17.6 Å². The minimum atomic E-state index is -3.72. The summed E-state index contributed by atoms with van der Waals surface area (Å²) in [4.78, 5) is 23.4. The fraction of sp³-hybridized carbons (Fsp3) is 0.500. The third-order valence-electron chi connectivity index (χ3n) is 4.30. The van der Waals surface area contributed by atoms with E-state index in [-0.39, 0.29) is 35.4 Å². The number of nitrogens with one attached hydrogen (secondary N) is 1. The van der Waals surface area contributed by atoms with Crippen LogP contribution in [0.5, 0.6) is 0 Å². The van der Waals surface area contributed by atoms with Gasteiger partial charge in [0.25, 0.3) is 0 Å². The first-order valence-corrected chi connectivity index (χ1v) is 9.16. The summed E-state index contributed by atoms with van der Waals surface area (Å²) >= 11 is 0. The van der Waals surface area contributed by atoms with Gasteiger partial charge >= 0.3 is 5.97 Å². The van der Waals surface area contributed by atoms with E-state index < -0.39 is 16.0 Å². The average Bonchev–Trinajstić information content (AvgIpc) is 2.60. The molecule has 0 aromatic heterocycles. The number of methoxy groups -OCH3 is 1. The van der Waals surface area contributed by atoms with Gasteiger partial charge in [-0.1, -0.05) is 6.07 Å². The van der Waals surface area contributed by atoms with E-state index in [9.17, 15) is 18.0 Å². The number of hydrogen-bond donors (Lipinski definition) is 1. The smallest absolute Gasteiger partial charge is 0.337 e. The quantitative estimate of drug-likeness (QED) is 0.812. The van der Waals surface area contributed by atoms with Crippen molar-refractivity contribution < 1.29 is 22.7 Å². The molecule has 0 radical (unpaired) electrons. The van der Waals surface area contributed by atoms with Gasteiger partial charge in [-0.25, -0.2) is 13.2 Å². The van der Waals surface area contributed by atoms with Crippen LogP contribution >= 0.6 is 0 Å². The first kappa shape index (κ1) is 18.4. The largest absolute Gasteiger partial charge is 0.465 e. The summed E-state index contributed by atoms with van der Waals surface area (Å²) in [5.41, 5.74) is 0.762. The van der Waals surface area contributed by atoms with Crippen LogP contribution in [0.15, 0.2) is 23.1 Å². The highest BCUT2D eigenvalue weighted by Crippen LogP contribution is 2.26. The Hall–Kier alpha value is -1.93. The van der Waals surface area contributed by atoms with Crippen LogP contribution in [0.25, 0.3) is 0 Å². The number of carbonyl (C=O) groups is 2. The van der Waals surface area contributed by atoms with Crippen molar-refractivity contribution in [2.45, 2.75) is 24.7 Å². The fourth-order valence-electron chi connectivity index (χ4n) is 2.82. The van der Waals surface area contributed by atoms with Gasteiger partial charge < -0.3 is 10.1 Å². The van der Waals surface area contributed by atoms with Crippen molar-refractivity contribution in [1.82, 2.24) is 9.62 Å². The molecule has 1 aromatic carbocycles. The Kier molecular flexibility index (Phi) is 5.61. The normalized spacial score (nSPS) is 16.6. The lowest BCUT2D eigenvalue weighted by Gasteiger charge is -2.30. The van der Waals surface area contributed by atoms with E-state index in [4.69, 9.17) is 0 Å². The number of aryl methyl sites for hydroxylation is 1. The molecule has 1 saturated heterocycles. The van der Waals surface area contributed by atoms with Gasteiger partial charge in [0.2, 0.25) is 15.9 Å². The standard InChI is InChI=1S/C16H22N2O5S/c1-11-4-5-13(16(20)23-3)10-14(11)24(21,22)18-8-6-12(7-9-18)15(19)17-2/h4-5,10,12H,6-9H2,1-3H3,(H,17,19). The van der Waals surface area contributed by atoms with Crippen molar-refractivity contribution in [3.05, 3.63) is 29.3 Å². The molecule has 1 heterocycles. The van der Waals surface area contributed by atoms with E-state index in [1.807, 2.05) is 0 Å². The van der Waals surface area contributed by atoms with E-state index in [0.29, 0.717) is 18.4 Å². The highest BCUT2D eigenvalue weighted by Gasteiger charge is 2.32. The number of amides is 1. The number of ether oxygens (including phenoxy) is 1. The monoisotopic (exact) mass is 354 g/mol. The van der Waals surface area contributed by atoms with Crippen molar-refractivity contribution in [2.24, 2.45) is 5.92 Å². The number of rotatable bonds is 4. The summed E-state index contributed by atoms with van der Waals surface area (Å²) in [5, 5.41) is 2.60. The Bertz CT molecular complexity index is 737. The Morgan fingerprint density at radius 1 is 1.25 bits per heavy atom. The molecule has 1 aliphatic rings. The van der Waals surface area contributed by atoms with Crippen LogP contribution in [0, 0.1) is 12.8 Å². The minimum absolute atomic E-state index is 0.0593. The predicted octanol–water partition coefficient (Wildman–Crippen LogP) is 0.928. The number of carbonyl (C=O) groups excluding carboxylic acids is 2. The van der Waals surface area contributed by atoms with Crippen LogP contribution in [0.2, 0.25) is 0 Å². The van der Waals surface area contributed by atoms with Gasteiger partial charge in [0, 0.05) is 26.1 Å². The topological polar surface area (TPSA) is 92.8 Å². The van der Waals surface area contributed by atoms with Crippen molar-refractivity contribution in [3.8, 4) is 0 Å². The third-order valence-corrected chi connectivity index (χ3v) is 6.34. The molecule has 1 aromatic rings. The van der Waals surface area contributed by atoms with Gasteiger partial charge in [-0.2, -0.15) is 4.31 Å². The maximum absolute atomic E-state index is 12.9.